The highest BCUT2D eigenvalue weighted by Gasteiger charge is 2.32. The summed E-state index contributed by atoms with van der Waals surface area (Å²) in [6.07, 6.45) is 26.2. The van der Waals surface area contributed by atoms with Crippen LogP contribution >= 0.6 is 10.5 Å². The summed E-state index contributed by atoms with van der Waals surface area (Å²) in [5.41, 5.74) is 14.3. The Bertz CT molecular complexity index is 2050. The summed E-state index contributed by atoms with van der Waals surface area (Å²) in [5.74, 6) is 5.49. The molecule has 3 unspecified atom stereocenters. The van der Waals surface area contributed by atoms with Gasteiger partial charge >= 0.3 is 0 Å². The Hall–Kier alpha value is -4.86. The van der Waals surface area contributed by atoms with Crippen LogP contribution in [0.2, 0.25) is 0 Å². The van der Waals surface area contributed by atoms with Gasteiger partial charge in [-0.05, 0) is 119 Å². The molecule has 0 spiro atoms. The first kappa shape index (κ1) is 35.0. The Kier molecular flexibility index (Phi) is 10.5. The third-order valence-corrected chi connectivity index (χ3v) is 12.6. The molecule has 0 saturated carbocycles. The SMILES string of the molecule is C=C(/C=C\C(=C/C)C(C)(c1ccccc1)c1ccc(CC2=CC(=N)C(=C)C3=C2C=CCC=C3)cc1)CS(=C)C1CCCC2=C1C=CC(=N)C2=C. The van der Waals surface area contributed by atoms with E-state index in [2.05, 4.69) is 143 Å². The van der Waals surface area contributed by atoms with Crippen molar-refractivity contribution in [2.45, 2.75) is 56.6 Å². The van der Waals surface area contributed by atoms with E-state index in [1.165, 1.54) is 39.0 Å². The molecule has 4 aliphatic rings. The number of hydrogen-bond acceptors (Lipinski definition) is 2. The molecule has 50 heavy (non-hydrogen) atoms. The van der Waals surface area contributed by atoms with E-state index in [9.17, 15) is 0 Å². The van der Waals surface area contributed by atoms with Crippen molar-refractivity contribution in [1.29, 1.82) is 10.8 Å². The summed E-state index contributed by atoms with van der Waals surface area (Å²) >= 11 is 0. The molecule has 0 bridgehead atoms. The first-order chi connectivity index (χ1) is 24.1. The van der Waals surface area contributed by atoms with Crippen molar-refractivity contribution in [3.8, 4) is 0 Å². The van der Waals surface area contributed by atoms with Crippen LogP contribution in [-0.4, -0.2) is 28.3 Å². The molecule has 0 amide bonds. The topological polar surface area (TPSA) is 47.7 Å². The minimum atomic E-state index is -0.382. The predicted octanol–water partition coefficient (Wildman–Crippen LogP) is 11.6. The standard InChI is InChI=1S/C47H48N2S/c1-7-37(24-21-32(2)31-50(6)46-20-14-19-41-33(3)44(48)28-27-43(41)46)47(5,38-15-10-8-11-16-38)39-25-22-35(23-26-39)29-36-30-45(49)34(4)40-17-12-9-13-18-42(36)40/h7-8,10-13,15-18,21-28,30,46,48-49H,2-4,6,9,14,19-20,29,31H2,1,5H3/b24-21-,37-7+,48-44?,49-45?. The highest BCUT2D eigenvalue weighted by Crippen LogP contribution is 2.43. The van der Waals surface area contributed by atoms with Crippen LogP contribution < -0.4 is 0 Å². The van der Waals surface area contributed by atoms with Gasteiger partial charge in [-0.25, -0.2) is 0 Å². The molecule has 0 aromatic heterocycles. The predicted molar refractivity (Wildman–Crippen MR) is 220 cm³/mol. The van der Waals surface area contributed by atoms with Crippen LogP contribution in [-0.2, 0) is 11.8 Å². The molecule has 2 nitrogen and oxygen atoms in total. The fourth-order valence-electron chi connectivity index (χ4n) is 7.67. The highest BCUT2D eigenvalue weighted by molar-refractivity contribution is 8.15. The van der Waals surface area contributed by atoms with Gasteiger partial charge in [0.2, 0.25) is 0 Å². The van der Waals surface area contributed by atoms with Crippen LogP contribution in [0.3, 0.4) is 0 Å². The molecule has 0 heterocycles. The smallest absolute Gasteiger partial charge is 0.0615 e. The van der Waals surface area contributed by atoms with Crippen molar-refractivity contribution in [3.05, 3.63) is 202 Å². The van der Waals surface area contributed by atoms with Crippen LogP contribution in [0.4, 0.5) is 0 Å². The summed E-state index contributed by atoms with van der Waals surface area (Å²) < 4.78 is 0. The summed E-state index contributed by atoms with van der Waals surface area (Å²) in [4.78, 5) is 0. The maximum atomic E-state index is 8.57. The average Bonchev–Trinajstić information content (AvgIpc) is 3.39. The molecular formula is C47H48N2S. The molecule has 3 heteroatoms. The molecule has 0 fully saturated rings. The van der Waals surface area contributed by atoms with Gasteiger partial charge in [-0.2, -0.15) is 10.5 Å². The third kappa shape index (κ3) is 6.93. The number of hydrogen-bond donors (Lipinski definition) is 2. The van der Waals surface area contributed by atoms with E-state index in [-0.39, 0.29) is 15.9 Å². The van der Waals surface area contributed by atoms with E-state index >= 15 is 0 Å². The van der Waals surface area contributed by atoms with Gasteiger partial charge in [0, 0.05) is 22.0 Å². The van der Waals surface area contributed by atoms with Gasteiger partial charge in [-0.3, -0.25) is 0 Å². The second-order valence-corrected chi connectivity index (χ2v) is 15.7. The monoisotopic (exact) mass is 672 g/mol. The molecule has 2 N–H and O–H groups in total. The van der Waals surface area contributed by atoms with Gasteiger partial charge in [0.1, 0.15) is 0 Å². The second kappa shape index (κ2) is 14.9. The summed E-state index contributed by atoms with van der Waals surface area (Å²) in [6, 6.07) is 19.8. The molecule has 6 rings (SSSR count). The molecule has 3 atom stereocenters. The van der Waals surface area contributed by atoms with E-state index in [1.807, 2.05) is 12.2 Å². The molecule has 4 aliphatic carbocycles. The van der Waals surface area contributed by atoms with Crippen molar-refractivity contribution in [2.24, 2.45) is 0 Å². The molecule has 0 aliphatic heterocycles. The lowest BCUT2D eigenvalue weighted by Crippen LogP contribution is -2.26. The van der Waals surface area contributed by atoms with Gasteiger partial charge in [0.05, 0.1) is 11.4 Å². The van der Waals surface area contributed by atoms with Gasteiger partial charge < -0.3 is 10.8 Å². The normalized spacial score (nSPS) is 21.2. The Morgan fingerprint density at radius 2 is 1.58 bits per heavy atom. The Balaban J connectivity index is 1.23. The van der Waals surface area contributed by atoms with Crippen molar-refractivity contribution >= 4 is 27.8 Å². The minimum Gasteiger partial charge on any atom is -0.300 e. The van der Waals surface area contributed by atoms with Crippen LogP contribution in [0.1, 0.15) is 56.2 Å². The highest BCUT2D eigenvalue weighted by atomic mass is 32.2. The molecule has 2 aromatic carbocycles. The van der Waals surface area contributed by atoms with Crippen molar-refractivity contribution in [2.75, 3.05) is 5.75 Å². The number of benzene rings is 2. The van der Waals surface area contributed by atoms with Crippen molar-refractivity contribution in [3.63, 3.8) is 0 Å². The molecular weight excluding hydrogens is 625 g/mol. The lowest BCUT2D eigenvalue weighted by molar-refractivity contribution is 0.689. The second-order valence-electron chi connectivity index (χ2n) is 13.8. The van der Waals surface area contributed by atoms with Crippen LogP contribution in [0.5, 0.6) is 0 Å². The third-order valence-electron chi connectivity index (χ3n) is 10.6. The maximum Gasteiger partial charge on any atom is 0.0615 e. The Labute approximate surface area is 301 Å². The van der Waals surface area contributed by atoms with E-state index < -0.39 is 0 Å². The summed E-state index contributed by atoms with van der Waals surface area (Å²) in [6.45, 7) is 17.3. The van der Waals surface area contributed by atoms with E-state index in [0.29, 0.717) is 16.7 Å². The first-order valence-electron chi connectivity index (χ1n) is 17.5. The van der Waals surface area contributed by atoms with Gasteiger partial charge in [-0.1, -0.05) is 129 Å². The largest absolute Gasteiger partial charge is 0.300 e. The minimum absolute atomic E-state index is 0.130. The first-order valence-corrected chi connectivity index (χ1v) is 19.2. The van der Waals surface area contributed by atoms with E-state index in [1.54, 1.807) is 0 Å². The number of rotatable bonds is 10. The molecule has 0 radical (unpaired) electrons. The van der Waals surface area contributed by atoms with Crippen molar-refractivity contribution in [1.82, 2.24) is 0 Å². The molecule has 2 aromatic rings. The van der Waals surface area contributed by atoms with Gasteiger partial charge in [0.15, 0.2) is 0 Å². The van der Waals surface area contributed by atoms with Crippen LogP contribution in [0.15, 0.2) is 185 Å². The number of allylic oxidation sites excluding steroid dienone is 17. The summed E-state index contributed by atoms with van der Waals surface area (Å²) in [7, 11) is -0.130. The summed E-state index contributed by atoms with van der Waals surface area (Å²) in [5, 5.41) is 17.2. The van der Waals surface area contributed by atoms with E-state index in [0.717, 1.165) is 65.7 Å². The van der Waals surface area contributed by atoms with Crippen LogP contribution in [0.25, 0.3) is 0 Å². The zero-order valence-corrected chi connectivity index (χ0v) is 30.3. The zero-order valence-electron chi connectivity index (χ0n) is 29.5. The zero-order chi connectivity index (χ0) is 35.4. The maximum absolute atomic E-state index is 8.57. The van der Waals surface area contributed by atoms with Gasteiger partial charge in [-0.15, -0.1) is 0 Å². The van der Waals surface area contributed by atoms with Gasteiger partial charge in [0.25, 0.3) is 0 Å². The lowest BCUT2D eigenvalue weighted by atomic mass is 9.70. The number of nitrogens with one attached hydrogen (secondary N) is 2. The van der Waals surface area contributed by atoms with E-state index in [4.69, 9.17) is 10.8 Å². The average molecular weight is 673 g/mol. The Morgan fingerprint density at radius 1 is 0.880 bits per heavy atom. The quantitative estimate of drug-likeness (QED) is 0.186. The van der Waals surface area contributed by atoms with Crippen molar-refractivity contribution < 1.29 is 0 Å². The lowest BCUT2D eigenvalue weighted by Gasteiger charge is -2.33. The van der Waals surface area contributed by atoms with Crippen LogP contribution in [0, 0.1) is 10.8 Å². The molecule has 0 saturated heterocycles. The Morgan fingerprint density at radius 3 is 2.30 bits per heavy atom. The fourth-order valence-corrected chi connectivity index (χ4v) is 9.52. The fraction of sp³-hybridized carbons (Fsp3) is 0.213. The molecule has 252 valence electrons.